The summed E-state index contributed by atoms with van der Waals surface area (Å²) in [5.74, 6) is 2.00. The lowest BCUT2D eigenvalue weighted by molar-refractivity contribution is 0.101. The Hall–Kier alpha value is -1.77. The highest BCUT2D eigenvalue weighted by atomic mass is 16.3. The molecule has 0 unspecified atom stereocenters. The van der Waals surface area contributed by atoms with E-state index in [1.807, 2.05) is 19.2 Å². The maximum atomic E-state index is 10.3. The molecule has 2 aromatic heterocycles. The molecule has 0 aliphatic carbocycles. The summed E-state index contributed by atoms with van der Waals surface area (Å²) in [6.07, 6.45) is 4.35. The molecular weight excluding hydrogens is 318 g/mol. The van der Waals surface area contributed by atoms with Crippen LogP contribution in [-0.2, 0) is 19.6 Å². The second kappa shape index (κ2) is 8.07. The lowest BCUT2D eigenvalue weighted by atomic mass is 10.2. The van der Waals surface area contributed by atoms with E-state index in [0.29, 0.717) is 19.1 Å². The van der Waals surface area contributed by atoms with Gasteiger partial charge >= 0.3 is 0 Å². The number of β-amino-alcohol motifs (C(OH)–C–C–N with tert-alkyl or cyclic N) is 1. The number of likely N-dealkylation sites (N-methyl/N-ethyl adjacent to an activating group) is 1. The van der Waals surface area contributed by atoms with Gasteiger partial charge in [0, 0.05) is 38.1 Å². The highest BCUT2D eigenvalue weighted by molar-refractivity contribution is 4.95. The number of aliphatic hydroxyl groups excluding tert-OH is 1. The van der Waals surface area contributed by atoms with E-state index >= 15 is 0 Å². The van der Waals surface area contributed by atoms with Gasteiger partial charge in [0.15, 0.2) is 0 Å². The highest BCUT2D eigenvalue weighted by Crippen LogP contribution is 2.17. The zero-order chi connectivity index (χ0) is 17.8. The Kier molecular flexibility index (Phi) is 5.82. The van der Waals surface area contributed by atoms with Crippen LogP contribution in [-0.4, -0.2) is 78.3 Å². The summed E-state index contributed by atoms with van der Waals surface area (Å²) in [5.41, 5.74) is 0. The van der Waals surface area contributed by atoms with Crippen LogP contribution in [0.4, 0.5) is 0 Å². The molecule has 3 rings (SSSR count). The molecule has 0 bridgehead atoms. The van der Waals surface area contributed by atoms with Crippen LogP contribution in [0, 0.1) is 6.92 Å². The molecule has 3 heterocycles. The molecule has 0 spiro atoms. The third kappa shape index (κ3) is 4.45. The van der Waals surface area contributed by atoms with E-state index in [2.05, 4.69) is 43.6 Å². The summed E-state index contributed by atoms with van der Waals surface area (Å²) in [6, 6.07) is 2.36. The maximum absolute atomic E-state index is 10.3. The van der Waals surface area contributed by atoms with Crippen LogP contribution in [0.15, 0.2) is 18.5 Å². The molecule has 2 aromatic rings. The quantitative estimate of drug-likeness (QED) is 0.744. The highest BCUT2D eigenvalue weighted by Gasteiger charge is 2.27. The second-order valence-electron chi connectivity index (χ2n) is 6.91. The standard InChI is InChI=1S/C17H29N7O/c1-4-24-14(2)19-20-17(24)13-21(3)15-6-9-22(10-15)11-16(25)12-23-8-5-7-18-23/h5,7-8,15-16,25H,4,6,9-13H2,1-3H3/t15-,16+/m0/s1. The van der Waals surface area contributed by atoms with E-state index in [9.17, 15) is 5.11 Å². The summed E-state index contributed by atoms with van der Waals surface area (Å²) < 4.78 is 3.95. The van der Waals surface area contributed by atoms with E-state index in [-0.39, 0.29) is 0 Å². The Morgan fingerprint density at radius 2 is 2.20 bits per heavy atom. The van der Waals surface area contributed by atoms with Gasteiger partial charge in [-0.1, -0.05) is 0 Å². The molecule has 0 radical (unpaired) electrons. The van der Waals surface area contributed by atoms with Crippen LogP contribution < -0.4 is 0 Å². The van der Waals surface area contributed by atoms with Crippen molar-refractivity contribution in [1.29, 1.82) is 0 Å². The maximum Gasteiger partial charge on any atom is 0.147 e. The first-order valence-electron chi connectivity index (χ1n) is 9.03. The second-order valence-corrected chi connectivity index (χ2v) is 6.91. The van der Waals surface area contributed by atoms with Crippen molar-refractivity contribution in [2.24, 2.45) is 0 Å². The average Bonchev–Trinajstić information content (AvgIpc) is 3.30. The van der Waals surface area contributed by atoms with Crippen LogP contribution in [0.3, 0.4) is 0 Å². The zero-order valence-corrected chi connectivity index (χ0v) is 15.4. The van der Waals surface area contributed by atoms with Gasteiger partial charge in [0.05, 0.1) is 19.2 Å². The van der Waals surface area contributed by atoms with Gasteiger partial charge in [-0.3, -0.25) is 14.5 Å². The molecule has 1 fully saturated rings. The predicted octanol–water partition coefficient (Wildman–Crippen LogP) is 0.370. The van der Waals surface area contributed by atoms with Crippen molar-refractivity contribution in [3.63, 3.8) is 0 Å². The number of nitrogens with zero attached hydrogens (tertiary/aromatic N) is 7. The van der Waals surface area contributed by atoms with Crippen molar-refractivity contribution in [3.8, 4) is 0 Å². The number of aryl methyl sites for hydroxylation is 1. The van der Waals surface area contributed by atoms with Gasteiger partial charge in [-0.2, -0.15) is 5.10 Å². The van der Waals surface area contributed by atoms with Gasteiger partial charge < -0.3 is 9.67 Å². The summed E-state index contributed by atoms with van der Waals surface area (Å²) in [7, 11) is 2.15. The molecule has 1 N–H and O–H groups in total. The largest absolute Gasteiger partial charge is 0.390 e. The van der Waals surface area contributed by atoms with Crippen LogP contribution in [0.5, 0.6) is 0 Å². The van der Waals surface area contributed by atoms with Crippen molar-refractivity contribution in [1.82, 2.24) is 34.3 Å². The predicted molar refractivity (Wildman–Crippen MR) is 95.0 cm³/mol. The fraction of sp³-hybridized carbons (Fsp3) is 0.706. The first kappa shape index (κ1) is 18.0. The number of hydrogen-bond donors (Lipinski definition) is 1. The van der Waals surface area contributed by atoms with Gasteiger partial charge in [0.2, 0.25) is 0 Å². The summed E-state index contributed by atoms with van der Waals surface area (Å²) >= 11 is 0. The third-order valence-corrected chi connectivity index (χ3v) is 5.02. The van der Waals surface area contributed by atoms with Gasteiger partial charge in [0.1, 0.15) is 11.6 Å². The molecule has 8 nitrogen and oxygen atoms in total. The Balaban J connectivity index is 1.48. The minimum atomic E-state index is -0.394. The molecule has 25 heavy (non-hydrogen) atoms. The van der Waals surface area contributed by atoms with E-state index in [0.717, 1.165) is 44.2 Å². The smallest absolute Gasteiger partial charge is 0.147 e. The molecule has 8 heteroatoms. The van der Waals surface area contributed by atoms with Crippen LogP contribution >= 0.6 is 0 Å². The zero-order valence-electron chi connectivity index (χ0n) is 15.4. The topological polar surface area (TPSA) is 75.2 Å². The lowest BCUT2D eigenvalue weighted by Gasteiger charge is -2.25. The van der Waals surface area contributed by atoms with E-state index < -0.39 is 6.10 Å². The summed E-state index contributed by atoms with van der Waals surface area (Å²) in [6.45, 7) is 9.06. The van der Waals surface area contributed by atoms with E-state index in [1.165, 1.54) is 0 Å². The fourth-order valence-corrected chi connectivity index (χ4v) is 3.62. The molecule has 1 saturated heterocycles. The van der Waals surface area contributed by atoms with Crippen LogP contribution in [0.1, 0.15) is 25.0 Å². The molecule has 0 amide bonds. The Morgan fingerprint density at radius 1 is 1.36 bits per heavy atom. The van der Waals surface area contributed by atoms with Crippen molar-refractivity contribution < 1.29 is 5.11 Å². The Bertz CT molecular complexity index is 654. The molecule has 138 valence electrons. The third-order valence-electron chi connectivity index (χ3n) is 5.02. The van der Waals surface area contributed by atoms with Crippen molar-refractivity contribution in [3.05, 3.63) is 30.1 Å². The van der Waals surface area contributed by atoms with Gasteiger partial charge in [0.25, 0.3) is 0 Å². The Labute approximate surface area is 149 Å². The van der Waals surface area contributed by atoms with Gasteiger partial charge in [-0.25, -0.2) is 0 Å². The number of aliphatic hydroxyl groups is 1. The monoisotopic (exact) mass is 347 g/mol. The molecule has 0 saturated carbocycles. The average molecular weight is 347 g/mol. The fourth-order valence-electron chi connectivity index (χ4n) is 3.62. The number of hydrogen-bond acceptors (Lipinski definition) is 6. The molecule has 1 aliphatic heterocycles. The van der Waals surface area contributed by atoms with Crippen molar-refractivity contribution >= 4 is 0 Å². The number of likely N-dealkylation sites (tertiary alicyclic amines) is 1. The summed E-state index contributed by atoms with van der Waals surface area (Å²) in [5, 5.41) is 22.9. The minimum Gasteiger partial charge on any atom is -0.390 e. The van der Waals surface area contributed by atoms with Gasteiger partial charge in [-0.05, 0) is 39.9 Å². The van der Waals surface area contributed by atoms with E-state index in [1.54, 1.807) is 10.9 Å². The van der Waals surface area contributed by atoms with Gasteiger partial charge in [-0.15, -0.1) is 10.2 Å². The lowest BCUT2D eigenvalue weighted by Crippen LogP contribution is -2.38. The SMILES string of the molecule is CCn1c(C)nnc1CN(C)[C@H]1CCN(C[C@@H](O)Cn2cccn2)C1. The van der Waals surface area contributed by atoms with E-state index in [4.69, 9.17) is 0 Å². The summed E-state index contributed by atoms with van der Waals surface area (Å²) in [4.78, 5) is 4.70. The Morgan fingerprint density at radius 3 is 2.92 bits per heavy atom. The molecule has 2 atom stereocenters. The first-order chi connectivity index (χ1) is 12.1. The molecule has 1 aliphatic rings. The minimum absolute atomic E-state index is 0.394. The van der Waals surface area contributed by atoms with Crippen molar-refractivity contribution in [2.75, 3.05) is 26.7 Å². The first-order valence-corrected chi connectivity index (χ1v) is 9.03. The number of aromatic nitrogens is 5. The van der Waals surface area contributed by atoms with Crippen molar-refractivity contribution in [2.45, 2.75) is 52.0 Å². The molecular formula is C17H29N7O. The number of rotatable bonds is 8. The normalized spacial score (nSPS) is 19.8. The van der Waals surface area contributed by atoms with Crippen LogP contribution in [0.25, 0.3) is 0 Å². The molecule has 0 aromatic carbocycles. The van der Waals surface area contributed by atoms with Crippen LogP contribution in [0.2, 0.25) is 0 Å².